The van der Waals surface area contributed by atoms with Crippen LogP contribution in [0.2, 0.25) is 0 Å². The SMILES string of the molecule is C=CCNC(=O)c1cccc(S(=O)(=O)N2CCCC(c3nc(C)no3)C2)c1. The molecule has 27 heavy (non-hydrogen) atoms. The first-order valence-corrected chi connectivity index (χ1v) is 10.2. The Bertz CT molecular complexity index is 938. The molecular formula is C18H22N4O4S. The van der Waals surface area contributed by atoms with Crippen LogP contribution in [-0.2, 0) is 10.0 Å². The average Bonchev–Trinajstić information content (AvgIpc) is 3.12. The highest BCUT2D eigenvalue weighted by molar-refractivity contribution is 7.89. The van der Waals surface area contributed by atoms with Crippen LogP contribution in [0.5, 0.6) is 0 Å². The molecule has 8 nitrogen and oxygen atoms in total. The van der Waals surface area contributed by atoms with Gasteiger partial charge < -0.3 is 9.84 Å². The Hall–Kier alpha value is -2.52. The number of carbonyl (C=O) groups is 1. The van der Waals surface area contributed by atoms with E-state index in [1.54, 1.807) is 25.1 Å². The van der Waals surface area contributed by atoms with Crippen LogP contribution in [0.4, 0.5) is 0 Å². The van der Waals surface area contributed by atoms with Gasteiger partial charge in [-0.1, -0.05) is 17.3 Å². The second-order valence-corrected chi connectivity index (χ2v) is 8.35. The minimum atomic E-state index is -3.73. The molecule has 1 unspecified atom stereocenters. The number of sulfonamides is 1. The van der Waals surface area contributed by atoms with Crippen molar-refractivity contribution in [3.63, 3.8) is 0 Å². The van der Waals surface area contributed by atoms with Gasteiger partial charge in [0.1, 0.15) is 0 Å². The number of hydrogen-bond acceptors (Lipinski definition) is 6. The van der Waals surface area contributed by atoms with Gasteiger partial charge in [-0.15, -0.1) is 6.58 Å². The van der Waals surface area contributed by atoms with E-state index in [4.69, 9.17) is 4.52 Å². The minimum Gasteiger partial charge on any atom is -0.349 e. The summed E-state index contributed by atoms with van der Waals surface area (Å²) in [5, 5.41) is 6.43. The lowest BCUT2D eigenvalue weighted by molar-refractivity contribution is 0.0958. The number of hydrogen-bond donors (Lipinski definition) is 1. The summed E-state index contributed by atoms with van der Waals surface area (Å²) in [6, 6.07) is 6.05. The molecule has 0 spiro atoms. The highest BCUT2D eigenvalue weighted by Crippen LogP contribution is 2.29. The van der Waals surface area contributed by atoms with Crippen LogP contribution in [-0.4, -0.2) is 48.4 Å². The third-order valence-corrected chi connectivity index (χ3v) is 6.28. The summed E-state index contributed by atoms with van der Waals surface area (Å²) in [4.78, 5) is 16.4. The summed E-state index contributed by atoms with van der Waals surface area (Å²) < 4.78 is 32.8. The second-order valence-electron chi connectivity index (χ2n) is 6.41. The fourth-order valence-electron chi connectivity index (χ4n) is 3.06. The summed E-state index contributed by atoms with van der Waals surface area (Å²) in [5.41, 5.74) is 0.291. The van der Waals surface area contributed by atoms with Crippen molar-refractivity contribution in [3.8, 4) is 0 Å². The lowest BCUT2D eigenvalue weighted by Gasteiger charge is -2.30. The molecule has 9 heteroatoms. The predicted octanol–water partition coefficient (Wildman–Crippen LogP) is 1.86. The molecule has 144 valence electrons. The molecule has 3 rings (SSSR count). The molecule has 0 saturated carbocycles. The fourth-order valence-corrected chi connectivity index (χ4v) is 4.63. The molecule has 0 bridgehead atoms. The van der Waals surface area contributed by atoms with Gasteiger partial charge in [-0.25, -0.2) is 8.42 Å². The van der Waals surface area contributed by atoms with Gasteiger partial charge in [0, 0.05) is 25.2 Å². The van der Waals surface area contributed by atoms with Gasteiger partial charge in [-0.05, 0) is 38.0 Å². The molecule has 1 amide bonds. The summed E-state index contributed by atoms with van der Waals surface area (Å²) in [7, 11) is -3.73. The third kappa shape index (κ3) is 4.25. The number of piperidine rings is 1. The molecule has 2 heterocycles. The van der Waals surface area contributed by atoms with E-state index in [0.29, 0.717) is 36.8 Å². The minimum absolute atomic E-state index is 0.0936. The largest absolute Gasteiger partial charge is 0.349 e. The molecule has 1 aliphatic rings. The van der Waals surface area contributed by atoms with Gasteiger partial charge >= 0.3 is 0 Å². The van der Waals surface area contributed by atoms with Crippen molar-refractivity contribution >= 4 is 15.9 Å². The van der Waals surface area contributed by atoms with Crippen molar-refractivity contribution in [2.75, 3.05) is 19.6 Å². The first kappa shape index (κ1) is 19.2. The summed E-state index contributed by atoms with van der Waals surface area (Å²) in [5.74, 6) is 0.520. The maximum absolute atomic E-state index is 13.1. The van der Waals surface area contributed by atoms with E-state index in [0.717, 1.165) is 6.42 Å². The Kier molecular flexibility index (Phi) is 5.71. The molecule has 0 aliphatic carbocycles. The van der Waals surface area contributed by atoms with Crippen LogP contribution in [0.3, 0.4) is 0 Å². The fraction of sp³-hybridized carbons (Fsp3) is 0.389. The van der Waals surface area contributed by atoms with Crippen LogP contribution in [0.1, 0.15) is 40.8 Å². The standard InChI is InChI=1S/C18H22N4O4S/c1-3-9-19-17(23)14-6-4-8-16(11-14)27(24,25)22-10-5-7-15(12-22)18-20-13(2)21-26-18/h3-4,6,8,11,15H,1,5,7,9-10,12H2,2H3,(H,19,23). The Labute approximate surface area is 158 Å². The number of benzene rings is 1. The quantitative estimate of drug-likeness (QED) is 0.755. The molecule has 1 aliphatic heterocycles. The number of aryl methyl sites for hydroxylation is 1. The number of aromatic nitrogens is 2. The number of nitrogens with one attached hydrogen (secondary N) is 1. The molecule has 1 N–H and O–H groups in total. The maximum atomic E-state index is 13.1. The molecule has 1 atom stereocenters. The van der Waals surface area contributed by atoms with Gasteiger partial charge in [0.05, 0.1) is 10.8 Å². The summed E-state index contributed by atoms with van der Waals surface area (Å²) in [6.45, 7) is 6.28. The third-order valence-electron chi connectivity index (χ3n) is 4.42. The number of carbonyl (C=O) groups excluding carboxylic acids is 1. The first-order valence-electron chi connectivity index (χ1n) is 8.71. The Morgan fingerprint density at radius 2 is 2.30 bits per heavy atom. The zero-order valence-corrected chi connectivity index (χ0v) is 15.9. The first-order chi connectivity index (χ1) is 12.9. The highest BCUT2D eigenvalue weighted by Gasteiger charge is 2.33. The molecule has 1 aromatic heterocycles. The molecule has 2 aromatic rings. The lowest BCUT2D eigenvalue weighted by atomic mass is 10.00. The van der Waals surface area contributed by atoms with Crippen molar-refractivity contribution < 1.29 is 17.7 Å². The number of rotatable bonds is 6. The summed E-state index contributed by atoms with van der Waals surface area (Å²) >= 11 is 0. The van der Waals surface area contributed by atoms with Gasteiger partial charge in [0.25, 0.3) is 5.91 Å². The van der Waals surface area contributed by atoms with Crippen molar-refractivity contribution in [3.05, 3.63) is 54.2 Å². The van der Waals surface area contributed by atoms with E-state index >= 15 is 0 Å². The smallest absolute Gasteiger partial charge is 0.251 e. The topological polar surface area (TPSA) is 105 Å². The van der Waals surface area contributed by atoms with Crippen LogP contribution in [0.25, 0.3) is 0 Å². The molecule has 1 aromatic carbocycles. The monoisotopic (exact) mass is 390 g/mol. The van der Waals surface area contributed by atoms with Gasteiger partial charge in [0.2, 0.25) is 15.9 Å². The van der Waals surface area contributed by atoms with Crippen molar-refractivity contribution in [2.24, 2.45) is 0 Å². The molecule has 1 saturated heterocycles. The van der Waals surface area contributed by atoms with Gasteiger partial charge in [0.15, 0.2) is 5.82 Å². The lowest BCUT2D eigenvalue weighted by Crippen LogP contribution is -2.39. The van der Waals surface area contributed by atoms with Crippen LogP contribution in [0, 0.1) is 6.92 Å². The molecule has 0 radical (unpaired) electrons. The van der Waals surface area contributed by atoms with E-state index in [9.17, 15) is 13.2 Å². The Morgan fingerprint density at radius 3 is 3.00 bits per heavy atom. The van der Waals surface area contributed by atoms with Crippen LogP contribution < -0.4 is 5.32 Å². The van der Waals surface area contributed by atoms with E-state index in [1.165, 1.54) is 16.4 Å². The van der Waals surface area contributed by atoms with E-state index in [1.807, 2.05) is 0 Å². The Balaban J connectivity index is 1.81. The van der Waals surface area contributed by atoms with Crippen molar-refractivity contribution in [1.29, 1.82) is 0 Å². The average molecular weight is 390 g/mol. The second kappa shape index (κ2) is 8.01. The number of nitrogens with zero attached hydrogens (tertiary/aromatic N) is 3. The number of amides is 1. The molecule has 1 fully saturated rings. The van der Waals surface area contributed by atoms with Crippen LogP contribution >= 0.6 is 0 Å². The highest BCUT2D eigenvalue weighted by atomic mass is 32.2. The zero-order chi connectivity index (χ0) is 19.4. The van der Waals surface area contributed by atoms with E-state index in [-0.39, 0.29) is 23.3 Å². The summed E-state index contributed by atoms with van der Waals surface area (Å²) in [6.07, 6.45) is 3.05. The van der Waals surface area contributed by atoms with Crippen LogP contribution in [0.15, 0.2) is 46.3 Å². The van der Waals surface area contributed by atoms with Crippen molar-refractivity contribution in [2.45, 2.75) is 30.6 Å². The van der Waals surface area contributed by atoms with E-state index < -0.39 is 10.0 Å². The van der Waals surface area contributed by atoms with E-state index in [2.05, 4.69) is 22.0 Å². The Morgan fingerprint density at radius 1 is 1.48 bits per heavy atom. The predicted molar refractivity (Wildman–Crippen MR) is 98.7 cm³/mol. The maximum Gasteiger partial charge on any atom is 0.251 e. The van der Waals surface area contributed by atoms with Gasteiger partial charge in [-0.3, -0.25) is 4.79 Å². The van der Waals surface area contributed by atoms with Gasteiger partial charge in [-0.2, -0.15) is 9.29 Å². The normalized spacial score (nSPS) is 18.2. The van der Waals surface area contributed by atoms with Crippen molar-refractivity contribution in [1.82, 2.24) is 19.8 Å². The molecular weight excluding hydrogens is 368 g/mol. The zero-order valence-electron chi connectivity index (χ0n) is 15.1.